The third kappa shape index (κ3) is 6.24. The van der Waals surface area contributed by atoms with Gasteiger partial charge in [0, 0.05) is 37.5 Å². The van der Waals surface area contributed by atoms with Crippen molar-refractivity contribution >= 4 is 35.2 Å². The second-order valence-electron chi connectivity index (χ2n) is 10.8. The van der Waals surface area contributed by atoms with E-state index in [9.17, 15) is 24.0 Å². The molecule has 2 aromatic carbocycles. The Balaban J connectivity index is 1.04. The summed E-state index contributed by atoms with van der Waals surface area (Å²) in [6.07, 6.45) is 5.48. The Morgan fingerprint density at radius 2 is 1.74 bits per heavy atom. The molecular weight excluding hydrogens is 540 g/mol. The van der Waals surface area contributed by atoms with Gasteiger partial charge >= 0.3 is 0 Å². The van der Waals surface area contributed by atoms with Gasteiger partial charge in [-0.1, -0.05) is 31.4 Å². The molecule has 0 bridgehead atoms. The van der Waals surface area contributed by atoms with Crippen molar-refractivity contribution in [1.29, 1.82) is 0 Å². The molecule has 222 valence electrons. The second kappa shape index (κ2) is 13.1. The first kappa shape index (κ1) is 29.1. The number of hydrogen-bond acceptors (Lipinski definition) is 8. The molecule has 42 heavy (non-hydrogen) atoms. The molecule has 11 nitrogen and oxygen atoms in total. The van der Waals surface area contributed by atoms with Crippen LogP contribution < -0.4 is 25.4 Å². The minimum Gasteiger partial charge on any atom is -0.493 e. The zero-order valence-electron chi connectivity index (χ0n) is 23.7. The number of methoxy groups -OCH3 is 1. The highest BCUT2D eigenvalue weighted by molar-refractivity contribution is 6.25. The normalized spacial score (nSPS) is 19.9. The zero-order chi connectivity index (χ0) is 29.6. The van der Waals surface area contributed by atoms with E-state index in [2.05, 4.69) is 16.0 Å². The lowest BCUT2D eigenvalue weighted by Crippen LogP contribution is -2.54. The largest absolute Gasteiger partial charge is 0.493 e. The Kier molecular flexibility index (Phi) is 9.04. The number of ether oxygens (including phenoxy) is 2. The van der Waals surface area contributed by atoms with Crippen molar-refractivity contribution in [1.82, 2.24) is 15.5 Å². The maximum atomic E-state index is 13.2. The van der Waals surface area contributed by atoms with Gasteiger partial charge in [-0.2, -0.15) is 0 Å². The molecule has 2 unspecified atom stereocenters. The van der Waals surface area contributed by atoms with Gasteiger partial charge in [0.15, 0.2) is 11.5 Å². The Bertz CT molecular complexity index is 1390. The molecule has 2 saturated heterocycles. The van der Waals surface area contributed by atoms with Gasteiger partial charge in [0.25, 0.3) is 11.8 Å². The second-order valence-corrected chi connectivity index (χ2v) is 10.8. The first-order valence-corrected chi connectivity index (χ1v) is 14.5. The van der Waals surface area contributed by atoms with Crippen molar-refractivity contribution in [3.63, 3.8) is 0 Å². The topological polar surface area (TPSA) is 143 Å². The summed E-state index contributed by atoms with van der Waals surface area (Å²) in [5.41, 5.74) is 2.18. The number of unbranched alkanes of at least 4 members (excludes halogenated alkanes) is 4. The van der Waals surface area contributed by atoms with Crippen LogP contribution in [-0.2, 0) is 14.4 Å². The minimum absolute atomic E-state index is 0.0705. The molecule has 11 heteroatoms. The van der Waals surface area contributed by atoms with Crippen LogP contribution in [0, 0.1) is 0 Å². The molecule has 3 aliphatic rings. The third-order valence-corrected chi connectivity index (χ3v) is 8.00. The van der Waals surface area contributed by atoms with E-state index in [0.717, 1.165) is 42.6 Å². The van der Waals surface area contributed by atoms with Crippen molar-refractivity contribution in [2.75, 3.05) is 32.1 Å². The summed E-state index contributed by atoms with van der Waals surface area (Å²) in [6.45, 7) is 1.84. The van der Waals surface area contributed by atoms with E-state index in [1.165, 1.54) is 0 Å². The number of anilines is 1. The number of imide groups is 2. The summed E-state index contributed by atoms with van der Waals surface area (Å²) in [7, 11) is 1.61. The molecule has 0 spiro atoms. The van der Waals surface area contributed by atoms with E-state index in [1.54, 1.807) is 25.3 Å². The van der Waals surface area contributed by atoms with Crippen LogP contribution in [0.15, 0.2) is 36.4 Å². The first-order chi connectivity index (χ1) is 20.4. The van der Waals surface area contributed by atoms with Crippen LogP contribution in [0.1, 0.15) is 83.6 Å². The van der Waals surface area contributed by atoms with E-state index >= 15 is 0 Å². The predicted octanol–water partition coefficient (Wildman–Crippen LogP) is 3.14. The molecule has 2 atom stereocenters. The summed E-state index contributed by atoms with van der Waals surface area (Å²) in [4.78, 5) is 62.6. The van der Waals surface area contributed by atoms with Gasteiger partial charge in [-0.3, -0.25) is 34.2 Å². The van der Waals surface area contributed by atoms with E-state index in [0.29, 0.717) is 43.3 Å². The Morgan fingerprint density at radius 3 is 2.50 bits per heavy atom. The monoisotopic (exact) mass is 576 g/mol. The quantitative estimate of drug-likeness (QED) is 0.244. The molecule has 0 aliphatic carbocycles. The van der Waals surface area contributed by atoms with Crippen LogP contribution in [0.25, 0.3) is 0 Å². The molecule has 0 aromatic heterocycles. The third-order valence-electron chi connectivity index (χ3n) is 8.00. The lowest BCUT2D eigenvalue weighted by molar-refractivity contribution is -0.136. The molecule has 2 fully saturated rings. The van der Waals surface area contributed by atoms with Crippen LogP contribution in [0.2, 0.25) is 0 Å². The zero-order valence-corrected chi connectivity index (χ0v) is 23.7. The lowest BCUT2D eigenvalue weighted by Gasteiger charge is -2.27. The minimum atomic E-state index is -0.979. The number of carbonyl (C=O) groups excluding carboxylic acids is 5. The van der Waals surface area contributed by atoms with Crippen LogP contribution >= 0.6 is 0 Å². The SMILES string of the molecule is COc1ccc(C2CNC(=O)C2)cc1OCCCCCCCNc1cccc2c1C(=O)N(C1CCC(=O)NC1=O)C2=O. The van der Waals surface area contributed by atoms with Crippen molar-refractivity contribution in [2.24, 2.45) is 0 Å². The number of carbonyl (C=O) groups is 5. The molecule has 0 saturated carbocycles. The molecule has 3 aliphatic heterocycles. The fourth-order valence-electron chi connectivity index (χ4n) is 5.73. The van der Waals surface area contributed by atoms with E-state index < -0.39 is 29.7 Å². The summed E-state index contributed by atoms with van der Waals surface area (Å²) >= 11 is 0. The molecule has 2 aromatic rings. The number of nitrogens with one attached hydrogen (secondary N) is 3. The highest BCUT2D eigenvalue weighted by atomic mass is 16.5. The maximum Gasteiger partial charge on any atom is 0.264 e. The van der Waals surface area contributed by atoms with Crippen LogP contribution in [0.4, 0.5) is 5.69 Å². The fraction of sp³-hybridized carbons (Fsp3) is 0.452. The van der Waals surface area contributed by atoms with Gasteiger partial charge in [-0.15, -0.1) is 0 Å². The van der Waals surface area contributed by atoms with E-state index in [-0.39, 0.29) is 35.8 Å². The average molecular weight is 577 g/mol. The predicted molar refractivity (Wildman–Crippen MR) is 154 cm³/mol. The number of rotatable bonds is 13. The number of fused-ring (bicyclic) bond motifs is 1. The maximum absolute atomic E-state index is 13.2. The number of piperidine rings is 1. The van der Waals surface area contributed by atoms with Gasteiger partial charge in [0.1, 0.15) is 6.04 Å². The first-order valence-electron chi connectivity index (χ1n) is 14.5. The molecular formula is C31H36N4O7. The lowest BCUT2D eigenvalue weighted by atomic mass is 9.98. The fourth-order valence-corrected chi connectivity index (χ4v) is 5.73. The van der Waals surface area contributed by atoms with Gasteiger partial charge in [0.05, 0.1) is 24.8 Å². The molecule has 0 radical (unpaired) electrons. The van der Waals surface area contributed by atoms with Crippen LogP contribution in [-0.4, -0.2) is 67.3 Å². The molecule has 5 rings (SSSR count). The van der Waals surface area contributed by atoms with Gasteiger partial charge in [-0.25, -0.2) is 0 Å². The van der Waals surface area contributed by atoms with E-state index in [4.69, 9.17) is 9.47 Å². The highest BCUT2D eigenvalue weighted by Crippen LogP contribution is 2.34. The number of amides is 5. The molecule has 5 amide bonds. The summed E-state index contributed by atoms with van der Waals surface area (Å²) in [5, 5.41) is 8.37. The summed E-state index contributed by atoms with van der Waals surface area (Å²) in [5.74, 6) is -0.445. The van der Waals surface area contributed by atoms with Gasteiger partial charge in [-0.05, 0) is 49.1 Å². The summed E-state index contributed by atoms with van der Waals surface area (Å²) in [6, 6.07) is 9.93. The van der Waals surface area contributed by atoms with Crippen molar-refractivity contribution < 1.29 is 33.4 Å². The van der Waals surface area contributed by atoms with Crippen molar-refractivity contribution in [3.8, 4) is 11.5 Å². The van der Waals surface area contributed by atoms with Crippen molar-refractivity contribution in [2.45, 2.75) is 63.3 Å². The van der Waals surface area contributed by atoms with Gasteiger partial charge in [0.2, 0.25) is 17.7 Å². The smallest absolute Gasteiger partial charge is 0.264 e. The number of benzene rings is 2. The Labute approximate surface area is 244 Å². The number of nitrogens with zero attached hydrogens (tertiary/aromatic N) is 1. The van der Waals surface area contributed by atoms with E-state index in [1.807, 2.05) is 18.2 Å². The Hall–Kier alpha value is -4.41. The standard InChI is InChI=1S/C31H36N4O7/c1-41-24-12-10-19(20-17-27(37)33-18-20)16-25(24)42-15-6-4-2-3-5-14-32-22-9-7-8-21-28(22)31(40)35(30(21)39)23-11-13-26(36)34-29(23)38/h7-10,12,16,20,23,32H,2-6,11,13-15,17-18H2,1H3,(H,33,37)(H,34,36,38). The molecule has 3 heterocycles. The highest BCUT2D eigenvalue weighted by Gasteiger charge is 2.45. The number of hydrogen-bond donors (Lipinski definition) is 3. The van der Waals surface area contributed by atoms with Crippen LogP contribution in [0.3, 0.4) is 0 Å². The Morgan fingerprint density at radius 1 is 0.929 bits per heavy atom. The van der Waals surface area contributed by atoms with Crippen molar-refractivity contribution in [3.05, 3.63) is 53.1 Å². The summed E-state index contributed by atoms with van der Waals surface area (Å²) < 4.78 is 11.5. The molecule has 3 N–H and O–H groups in total. The average Bonchev–Trinajstić information content (AvgIpc) is 3.53. The van der Waals surface area contributed by atoms with Gasteiger partial charge < -0.3 is 20.1 Å². The van der Waals surface area contributed by atoms with Crippen LogP contribution in [0.5, 0.6) is 11.5 Å².